The summed E-state index contributed by atoms with van der Waals surface area (Å²) in [6, 6.07) is 15.5. The lowest BCUT2D eigenvalue weighted by Crippen LogP contribution is -2.24. The number of esters is 1. The molecule has 28 heavy (non-hydrogen) atoms. The number of methoxy groups -OCH3 is 1. The topological polar surface area (TPSA) is 71.8 Å². The van der Waals surface area contributed by atoms with Gasteiger partial charge in [0.05, 0.1) is 13.7 Å². The quantitative estimate of drug-likeness (QED) is 0.628. The van der Waals surface area contributed by atoms with Crippen molar-refractivity contribution in [1.82, 2.24) is 4.90 Å². The zero-order valence-corrected chi connectivity index (χ0v) is 16.3. The van der Waals surface area contributed by atoms with E-state index >= 15 is 0 Å². The average molecular weight is 380 g/mol. The second-order valence-corrected chi connectivity index (χ2v) is 6.74. The van der Waals surface area contributed by atoms with E-state index in [0.29, 0.717) is 36.6 Å². The number of ether oxygens (including phenoxy) is 1. The molecule has 2 aromatic carbocycles. The lowest BCUT2D eigenvalue weighted by atomic mass is 10.1. The number of carbonyl (C=O) groups excluding carboxylic acids is 2. The molecule has 0 aliphatic rings. The Bertz CT molecular complexity index is 988. The number of anilines is 1. The van der Waals surface area contributed by atoms with E-state index in [9.17, 15) is 9.59 Å². The molecule has 0 saturated heterocycles. The number of fused-ring (bicyclic) bond motifs is 1. The van der Waals surface area contributed by atoms with Gasteiger partial charge in [-0.1, -0.05) is 36.4 Å². The van der Waals surface area contributed by atoms with Crippen molar-refractivity contribution in [1.29, 1.82) is 0 Å². The van der Waals surface area contributed by atoms with Crippen LogP contribution in [0.2, 0.25) is 0 Å². The molecule has 0 fully saturated rings. The van der Waals surface area contributed by atoms with Gasteiger partial charge in [-0.25, -0.2) is 4.79 Å². The van der Waals surface area contributed by atoms with Gasteiger partial charge in [0.15, 0.2) is 0 Å². The number of hydrogen-bond donors (Lipinski definition) is 1. The summed E-state index contributed by atoms with van der Waals surface area (Å²) in [6.07, 6.45) is 0.350. The second kappa shape index (κ2) is 8.71. The fourth-order valence-corrected chi connectivity index (χ4v) is 3.12. The number of aryl methyl sites for hydroxylation is 1. The summed E-state index contributed by atoms with van der Waals surface area (Å²) in [5.74, 6) is 0.734. The first-order valence-electron chi connectivity index (χ1n) is 9.11. The summed E-state index contributed by atoms with van der Waals surface area (Å²) in [4.78, 5) is 26.0. The van der Waals surface area contributed by atoms with E-state index in [2.05, 4.69) is 5.32 Å². The molecular formula is C22H24N2O4. The van der Waals surface area contributed by atoms with Crippen molar-refractivity contribution in [2.75, 3.05) is 26.0 Å². The molecule has 0 aliphatic carbocycles. The standard InChI is InChI=1S/C22H24N2O4/c1-15-19(22(26)27-3)13-17(28-15)14-24(2)12-11-21(25)23-20-10-6-8-16-7-4-5-9-18(16)20/h4-10,13H,11-12,14H2,1-3H3,(H,23,25). The van der Waals surface area contributed by atoms with Gasteiger partial charge < -0.3 is 14.5 Å². The summed E-state index contributed by atoms with van der Waals surface area (Å²) in [7, 11) is 3.25. The molecule has 3 aromatic rings. The molecule has 1 N–H and O–H groups in total. The van der Waals surface area contributed by atoms with Crippen LogP contribution in [-0.2, 0) is 16.1 Å². The summed E-state index contributed by atoms with van der Waals surface area (Å²) in [5.41, 5.74) is 1.25. The Kier molecular flexibility index (Phi) is 6.11. The smallest absolute Gasteiger partial charge is 0.341 e. The van der Waals surface area contributed by atoms with Gasteiger partial charge in [-0.15, -0.1) is 0 Å². The first-order chi connectivity index (χ1) is 13.5. The third-order valence-corrected chi connectivity index (χ3v) is 4.58. The van der Waals surface area contributed by atoms with Gasteiger partial charge in [0, 0.05) is 24.0 Å². The number of hydrogen-bond acceptors (Lipinski definition) is 5. The maximum Gasteiger partial charge on any atom is 0.341 e. The molecule has 0 unspecified atom stereocenters. The van der Waals surface area contributed by atoms with E-state index in [1.807, 2.05) is 54.4 Å². The van der Waals surface area contributed by atoms with Crippen molar-refractivity contribution in [2.45, 2.75) is 19.9 Å². The summed E-state index contributed by atoms with van der Waals surface area (Å²) < 4.78 is 10.4. The Hall–Kier alpha value is -3.12. The molecule has 6 nitrogen and oxygen atoms in total. The van der Waals surface area contributed by atoms with Gasteiger partial charge >= 0.3 is 5.97 Å². The van der Waals surface area contributed by atoms with Crippen LogP contribution in [0.1, 0.15) is 28.3 Å². The highest BCUT2D eigenvalue weighted by molar-refractivity contribution is 6.02. The zero-order valence-electron chi connectivity index (χ0n) is 16.3. The molecule has 0 radical (unpaired) electrons. The zero-order chi connectivity index (χ0) is 20.1. The third kappa shape index (κ3) is 4.58. The van der Waals surface area contributed by atoms with Crippen molar-refractivity contribution < 1.29 is 18.7 Å². The van der Waals surface area contributed by atoms with E-state index in [1.54, 1.807) is 13.0 Å². The SMILES string of the molecule is COC(=O)c1cc(CN(C)CCC(=O)Nc2cccc3ccccc23)oc1C. The van der Waals surface area contributed by atoms with Crippen LogP contribution in [0.4, 0.5) is 5.69 Å². The Balaban J connectivity index is 1.55. The van der Waals surface area contributed by atoms with Crippen LogP contribution in [0.5, 0.6) is 0 Å². The van der Waals surface area contributed by atoms with Crippen LogP contribution < -0.4 is 5.32 Å². The van der Waals surface area contributed by atoms with E-state index in [-0.39, 0.29) is 5.91 Å². The molecule has 0 spiro atoms. The average Bonchev–Trinajstić information content (AvgIpc) is 3.06. The van der Waals surface area contributed by atoms with Gasteiger partial charge in [0.25, 0.3) is 0 Å². The number of nitrogens with zero attached hydrogens (tertiary/aromatic N) is 1. The fraction of sp³-hybridized carbons (Fsp3) is 0.273. The Morgan fingerprint density at radius 1 is 1.14 bits per heavy atom. The normalized spacial score (nSPS) is 11.0. The molecule has 0 aliphatic heterocycles. The van der Waals surface area contributed by atoms with Crippen molar-refractivity contribution in [3.63, 3.8) is 0 Å². The van der Waals surface area contributed by atoms with Gasteiger partial charge in [0.1, 0.15) is 17.1 Å². The van der Waals surface area contributed by atoms with Crippen LogP contribution in [0.3, 0.4) is 0 Å². The van der Waals surface area contributed by atoms with E-state index < -0.39 is 5.97 Å². The maximum absolute atomic E-state index is 12.4. The first kappa shape index (κ1) is 19.6. The van der Waals surface area contributed by atoms with Gasteiger partial charge in [-0.2, -0.15) is 0 Å². The highest BCUT2D eigenvalue weighted by Gasteiger charge is 2.16. The molecule has 3 rings (SSSR count). The van der Waals surface area contributed by atoms with Crippen LogP contribution >= 0.6 is 0 Å². The van der Waals surface area contributed by atoms with Gasteiger partial charge in [-0.3, -0.25) is 9.69 Å². The Labute approximate surface area is 164 Å². The molecule has 0 atom stereocenters. The fourth-order valence-electron chi connectivity index (χ4n) is 3.12. The molecule has 1 heterocycles. The van der Waals surface area contributed by atoms with Gasteiger partial charge in [0.2, 0.25) is 5.91 Å². The maximum atomic E-state index is 12.4. The number of furan rings is 1. The highest BCUT2D eigenvalue weighted by Crippen LogP contribution is 2.23. The molecule has 0 saturated carbocycles. The molecule has 146 valence electrons. The van der Waals surface area contributed by atoms with Crippen LogP contribution in [-0.4, -0.2) is 37.5 Å². The Morgan fingerprint density at radius 3 is 2.68 bits per heavy atom. The molecule has 0 bridgehead atoms. The second-order valence-electron chi connectivity index (χ2n) is 6.74. The monoisotopic (exact) mass is 380 g/mol. The molecule has 6 heteroatoms. The number of carbonyl (C=O) groups is 2. The van der Waals surface area contributed by atoms with Crippen LogP contribution in [0.15, 0.2) is 52.9 Å². The van der Waals surface area contributed by atoms with E-state index in [1.165, 1.54) is 7.11 Å². The van der Waals surface area contributed by atoms with Crippen LogP contribution in [0.25, 0.3) is 10.8 Å². The predicted molar refractivity (Wildman–Crippen MR) is 108 cm³/mol. The van der Waals surface area contributed by atoms with E-state index in [0.717, 1.165) is 16.5 Å². The first-order valence-corrected chi connectivity index (χ1v) is 9.11. The number of rotatable bonds is 7. The van der Waals surface area contributed by atoms with Crippen molar-refractivity contribution in [2.24, 2.45) is 0 Å². The van der Waals surface area contributed by atoms with E-state index in [4.69, 9.17) is 9.15 Å². The minimum absolute atomic E-state index is 0.0471. The summed E-state index contributed by atoms with van der Waals surface area (Å²) >= 11 is 0. The largest absolute Gasteiger partial charge is 0.465 e. The highest BCUT2D eigenvalue weighted by atomic mass is 16.5. The molecular weight excluding hydrogens is 356 g/mol. The van der Waals surface area contributed by atoms with Crippen molar-refractivity contribution >= 4 is 28.3 Å². The molecule has 1 aromatic heterocycles. The predicted octanol–water partition coefficient (Wildman–Crippen LogP) is 3.99. The minimum Gasteiger partial charge on any atom is -0.465 e. The van der Waals surface area contributed by atoms with Gasteiger partial charge in [-0.05, 0) is 31.5 Å². The van der Waals surface area contributed by atoms with Crippen molar-refractivity contribution in [3.05, 3.63) is 65.6 Å². The lowest BCUT2D eigenvalue weighted by Gasteiger charge is -2.15. The third-order valence-electron chi connectivity index (χ3n) is 4.58. The minimum atomic E-state index is -0.412. The van der Waals surface area contributed by atoms with Crippen molar-refractivity contribution in [3.8, 4) is 0 Å². The number of nitrogens with one attached hydrogen (secondary N) is 1. The molecule has 1 amide bonds. The number of benzene rings is 2. The summed E-state index contributed by atoms with van der Waals surface area (Å²) in [6.45, 7) is 2.79. The summed E-state index contributed by atoms with van der Waals surface area (Å²) in [5, 5.41) is 5.10. The Morgan fingerprint density at radius 2 is 1.89 bits per heavy atom. The van der Waals surface area contributed by atoms with Crippen LogP contribution in [0, 0.1) is 6.92 Å². The lowest BCUT2D eigenvalue weighted by molar-refractivity contribution is -0.116. The number of amides is 1.